The molecule has 1 aliphatic rings. The van der Waals surface area contributed by atoms with Crippen molar-refractivity contribution in [2.45, 2.75) is 12.8 Å². The SMILES string of the molecule is NCCC(=O)NCCC1=CC(=O)C(=O)C=C1. The Kier molecular flexibility index (Phi) is 4.60. The van der Waals surface area contributed by atoms with Crippen LogP contribution < -0.4 is 11.1 Å². The summed E-state index contributed by atoms with van der Waals surface area (Å²) in [6.07, 6.45) is 4.98. The highest BCUT2D eigenvalue weighted by Crippen LogP contribution is 2.08. The standard InChI is InChI=1S/C11H14N2O3/c12-5-3-11(16)13-6-4-8-1-2-9(14)10(15)7-8/h1-2,7H,3-6,12H2,(H,13,16). The van der Waals surface area contributed by atoms with Crippen molar-refractivity contribution in [2.75, 3.05) is 13.1 Å². The number of allylic oxidation sites excluding steroid dienone is 3. The highest BCUT2D eigenvalue weighted by atomic mass is 16.2. The van der Waals surface area contributed by atoms with E-state index in [-0.39, 0.29) is 5.91 Å². The normalized spacial score (nSPS) is 14.9. The number of carbonyl (C=O) groups excluding carboxylic acids is 3. The Morgan fingerprint density at radius 3 is 2.62 bits per heavy atom. The monoisotopic (exact) mass is 222 g/mol. The molecule has 1 aliphatic carbocycles. The molecule has 0 aromatic carbocycles. The number of hydrogen-bond acceptors (Lipinski definition) is 4. The number of ketones is 2. The van der Waals surface area contributed by atoms with Crippen LogP contribution in [0.3, 0.4) is 0 Å². The van der Waals surface area contributed by atoms with E-state index in [2.05, 4.69) is 5.32 Å². The molecule has 0 fully saturated rings. The molecule has 0 heterocycles. The predicted molar refractivity (Wildman–Crippen MR) is 58.5 cm³/mol. The summed E-state index contributed by atoms with van der Waals surface area (Å²) in [6.45, 7) is 0.762. The summed E-state index contributed by atoms with van der Waals surface area (Å²) in [6, 6.07) is 0. The molecule has 0 saturated heterocycles. The van der Waals surface area contributed by atoms with Crippen LogP contribution in [0.2, 0.25) is 0 Å². The minimum absolute atomic E-state index is 0.106. The molecule has 0 aliphatic heterocycles. The zero-order chi connectivity index (χ0) is 12.0. The van der Waals surface area contributed by atoms with Gasteiger partial charge in [-0.05, 0) is 24.1 Å². The van der Waals surface area contributed by atoms with Crippen LogP contribution in [0.25, 0.3) is 0 Å². The second-order valence-corrected chi connectivity index (χ2v) is 3.42. The fourth-order valence-electron chi connectivity index (χ4n) is 1.27. The molecule has 5 heteroatoms. The van der Waals surface area contributed by atoms with E-state index in [4.69, 9.17) is 5.73 Å². The smallest absolute Gasteiger partial charge is 0.225 e. The van der Waals surface area contributed by atoms with Gasteiger partial charge in [-0.1, -0.05) is 6.08 Å². The second kappa shape index (κ2) is 5.97. The molecule has 1 rings (SSSR count). The van der Waals surface area contributed by atoms with Crippen molar-refractivity contribution in [2.24, 2.45) is 5.73 Å². The van der Waals surface area contributed by atoms with Gasteiger partial charge in [0, 0.05) is 19.5 Å². The number of amides is 1. The van der Waals surface area contributed by atoms with Crippen molar-refractivity contribution >= 4 is 17.5 Å². The van der Waals surface area contributed by atoms with Gasteiger partial charge in [-0.15, -0.1) is 0 Å². The van der Waals surface area contributed by atoms with Crippen molar-refractivity contribution in [1.82, 2.24) is 5.32 Å². The highest BCUT2D eigenvalue weighted by Gasteiger charge is 2.12. The molecule has 0 bridgehead atoms. The number of nitrogens with two attached hydrogens (primary N) is 1. The van der Waals surface area contributed by atoms with E-state index in [1.807, 2.05) is 0 Å². The summed E-state index contributed by atoms with van der Waals surface area (Å²) in [5, 5.41) is 2.67. The molecule has 0 atom stereocenters. The van der Waals surface area contributed by atoms with Crippen LogP contribution in [0.5, 0.6) is 0 Å². The first kappa shape index (κ1) is 12.3. The molecule has 1 amide bonds. The molecule has 0 aromatic rings. The molecule has 0 spiro atoms. The molecule has 0 unspecified atom stereocenters. The molecular weight excluding hydrogens is 208 g/mol. The van der Waals surface area contributed by atoms with Gasteiger partial charge in [-0.2, -0.15) is 0 Å². The van der Waals surface area contributed by atoms with Gasteiger partial charge in [0.1, 0.15) is 0 Å². The number of nitrogens with one attached hydrogen (secondary N) is 1. The average Bonchev–Trinajstić information content (AvgIpc) is 2.24. The number of carbonyl (C=O) groups is 3. The zero-order valence-corrected chi connectivity index (χ0v) is 8.86. The first-order valence-electron chi connectivity index (χ1n) is 5.07. The van der Waals surface area contributed by atoms with Crippen LogP contribution in [-0.4, -0.2) is 30.6 Å². The van der Waals surface area contributed by atoms with Crippen molar-refractivity contribution in [3.8, 4) is 0 Å². The van der Waals surface area contributed by atoms with E-state index < -0.39 is 11.6 Å². The van der Waals surface area contributed by atoms with Gasteiger partial charge in [0.2, 0.25) is 17.5 Å². The first-order valence-corrected chi connectivity index (χ1v) is 5.07. The van der Waals surface area contributed by atoms with E-state index in [0.717, 1.165) is 5.57 Å². The van der Waals surface area contributed by atoms with Crippen LogP contribution in [-0.2, 0) is 14.4 Å². The van der Waals surface area contributed by atoms with Crippen LogP contribution in [0.1, 0.15) is 12.8 Å². The lowest BCUT2D eigenvalue weighted by atomic mass is 10.0. The molecule has 0 radical (unpaired) electrons. The summed E-state index contributed by atoms with van der Waals surface area (Å²) < 4.78 is 0. The third-order valence-electron chi connectivity index (χ3n) is 2.12. The van der Waals surface area contributed by atoms with E-state index in [9.17, 15) is 14.4 Å². The topological polar surface area (TPSA) is 89.3 Å². The van der Waals surface area contributed by atoms with Gasteiger partial charge >= 0.3 is 0 Å². The Hall–Kier alpha value is -1.75. The van der Waals surface area contributed by atoms with Crippen LogP contribution in [0, 0.1) is 0 Å². The van der Waals surface area contributed by atoms with E-state index in [0.29, 0.717) is 25.9 Å². The van der Waals surface area contributed by atoms with E-state index >= 15 is 0 Å². The minimum atomic E-state index is -0.509. The van der Waals surface area contributed by atoms with Gasteiger partial charge in [-0.3, -0.25) is 14.4 Å². The fraction of sp³-hybridized carbons (Fsp3) is 0.364. The Morgan fingerprint density at radius 2 is 2.00 bits per heavy atom. The summed E-state index contributed by atoms with van der Waals surface area (Å²) in [5.74, 6) is -1.12. The lowest BCUT2D eigenvalue weighted by Gasteiger charge is -2.07. The van der Waals surface area contributed by atoms with Crippen LogP contribution >= 0.6 is 0 Å². The van der Waals surface area contributed by atoms with Crippen molar-refractivity contribution in [3.63, 3.8) is 0 Å². The summed E-state index contributed by atoms with van der Waals surface area (Å²) >= 11 is 0. The highest BCUT2D eigenvalue weighted by molar-refractivity contribution is 6.46. The summed E-state index contributed by atoms with van der Waals surface area (Å²) in [5.41, 5.74) is 5.96. The van der Waals surface area contributed by atoms with Crippen molar-refractivity contribution < 1.29 is 14.4 Å². The molecular formula is C11H14N2O3. The minimum Gasteiger partial charge on any atom is -0.356 e. The maximum Gasteiger partial charge on any atom is 0.225 e. The summed E-state index contributed by atoms with van der Waals surface area (Å²) in [7, 11) is 0. The maximum absolute atomic E-state index is 11.1. The fourth-order valence-corrected chi connectivity index (χ4v) is 1.27. The van der Waals surface area contributed by atoms with Crippen molar-refractivity contribution in [1.29, 1.82) is 0 Å². The first-order chi connectivity index (χ1) is 7.63. The molecule has 16 heavy (non-hydrogen) atoms. The van der Waals surface area contributed by atoms with Gasteiger partial charge in [0.05, 0.1) is 0 Å². The third-order valence-corrected chi connectivity index (χ3v) is 2.12. The van der Waals surface area contributed by atoms with Gasteiger partial charge in [0.15, 0.2) is 0 Å². The van der Waals surface area contributed by atoms with Gasteiger partial charge in [-0.25, -0.2) is 0 Å². The molecule has 5 nitrogen and oxygen atoms in total. The summed E-state index contributed by atoms with van der Waals surface area (Å²) in [4.78, 5) is 32.9. The average molecular weight is 222 g/mol. The Bertz CT molecular complexity index is 369. The zero-order valence-electron chi connectivity index (χ0n) is 8.86. The molecule has 0 aromatic heterocycles. The van der Waals surface area contributed by atoms with E-state index in [1.165, 1.54) is 12.2 Å². The van der Waals surface area contributed by atoms with Crippen LogP contribution in [0.15, 0.2) is 23.8 Å². The predicted octanol–water partition coefficient (Wildman–Crippen LogP) is -0.524. The lowest BCUT2D eigenvalue weighted by Crippen LogP contribution is -2.26. The van der Waals surface area contributed by atoms with Gasteiger partial charge < -0.3 is 11.1 Å². The molecule has 0 saturated carbocycles. The Labute approximate surface area is 93.4 Å². The Morgan fingerprint density at radius 1 is 1.25 bits per heavy atom. The third kappa shape index (κ3) is 3.78. The molecule has 3 N–H and O–H groups in total. The van der Waals surface area contributed by atoms with Crippen LogP contribution in [0.4, 0.5) is 0 Å². The Balaban J connectivity index is 2.32. The number of rotatable bonds is 5. The lowest BCUT2D eigenvalue weighted by molar-refractivity contribution is -0.131. The quantitative estimate of drug-likeness (QED) is 0.483. The van der Waals surface area contributed by atoms with Crippen molar-refractivity contribution in [3.05, 3.63) is 23.8 Å². The van der Waals surface area contributed by atoms with E-state index in [1.54, 1.807) is 6.08 Å². The maximum atomic E-state index is 11.1. The number of hydrogen-bond donors (Lipinski definition) is 2. The van der Waals surface area contributed by atoms with Gasteiger partial charge in [0.25, 0.3) is 0 Å². The molecule has 86 valence electrons. The largest absolute Gasteiger partial charge is 0.356 e. The second-order valence-electron chi connectivity index (χ2n) is 3.42.